The van der Waals surface area contributed by atoms with E-state index in [1.165, 1.54) is 37.0 Å². The molecule has 2 heterocycles. The Hall–Kier alpha value is -3.56. The summed E-state index contributed by atoms with van der Waals surface area (Å²) in [5, 5.41) is 11.1. The molecule has 5 rings (SSSR count). The van der Waals surface area contributed by atoms with Gasteiger partial charge in [0, 0.05) is 43.4 Å². The van der Waals surface area contributed by atoms with Gasteiger partial charge in [-0.2, -0.15) is 0 Å². The van der Waals surface area contributed by atoms with Crippen molar-refractivity contribution in [2.24, 2.45) is 7.05 Å². The average Bonchev–Trinajstić information content (AvgIpc) is 3.18. The molecule has 0 unspecified atom stereocenters. The third-order valence-electron chi connectivity index (χ3n) is 5.84. The maximum Gasteiger partial charge on any atom is 0.212 e. The Labute approximate surface area is 186 Å². The molecule has 0 amide bonds. The van der Waals surface area contributed by atoms with Crippen LogP contribution in [0.1, 0.15) is 16.7 Å². The van der Waals surface area contributed by atoms with Crippen molar-refractivity contribution >= 4 is 37.2 Å². The lowest BCUT2D eigenvalue weighted by molar-refractivity contribution is -0.660. The molecule has 150 valence electrons. The van der Waals surface area contributed by atoms with E-state index < -0.39 is 0 Å². The highest BCUT2D eigenvalue weighted by Gasteiger charge is 2.18. The van der Waals surface area contributed by atoms with Gasteiger partial charge in [0.15, 0.2) is 6.20 Å². The van der Waals surface area contributed by atoms with Crippen LogP contribution in [0.4, 0.5) is 0 Å². The van der Waals surface area contributed by atoms with Crippen molar-refractivity contribution in [3.05, 3.63) is 114 Å². The van der Waals surface area contributed by atoms with E-state index >= 15 is 0 Å². The smallest absolute Gasteiger partial charge is 0.212 e. The minimum atomic E-state index is 0.481. The predicted molar refractivity (Wildman–Crippen MR) is 132 cm³/mol. The van der Waals surface area contributed by atoms with Crippen LogP contribution < -0.4 is 4.57 Å². The van der Waals surface area contributed by atoms with Gasteiger partial charge in [-0.05, 0) is 41.8 Å². The second-order valence-corrected chi connectivity index (χ2v) is 8.78. The molecule has 1 N–H and O–H groups in total. The molecule has 0 saturated carbocycles. The van der Waals surface area contributed by atoms with E-state index in [9.17, 15) is 0 Å². The number of aryl methyl sites for hydroxylation is 1. The zero-order chi connectivity index (χ0) is 21.4. The summed E-state index contributed by atoms with van der Waals surface area (Å²) in [6.07, 6.45) is 4.50. The summed E-state index contributed by atoms with van der Waals surface area (Å²) in [5.41, 5.74) is 6.30. The molecule has 3 aromatic carbocycles. The Morgan fingerprint density at radius 1 is 0.903 bits per heavy atom. The first-order valence-corrected chi connectivity index (χ1v) is 11.2. The molecule has 2 nitrogen and oxygen atoms in total. The number of pyridine rings is 1. The van der Waals surface area contributed by atoms with E-state index in [1.807, 2.05) is 6.07 Å². The summed E-state index contributed by atoms with van der Waals surface area (Å²) in [5.74, 6) is 0. The molecule has 0 radical (unpaired) electrons. The molecule has 0 fully saturated rings. The van der Waals surface area contributed by atoms with E-state index in [-0.39, 0.29) is 0 Å². The van der Waals surface area contributed by atoms with Gasteiger partial charge >= 0.3 is 0 Å². The number of nitrogens with zero attached hydrogens (tertiary/aromatic N) is 1. The molecule has 0 spiro atoms. The number of hydrogen-bond acceptors (Lipinski definition) is 2. The number of allylic oxidation sites excluding steroid dienone is 1. The predicted octanol–water partition coefficient (Wildman–Crippen LogP) is 6.69. The average molecular weight is 420 g/mol. The van der Waals surface area contributed by atoms with Crippen LogP contribution in [-0.2, 0) is 13.5 Å². The van der Waals surface area contributed by atoms with Gasteiger partial charge in [0.2, 0.25) is 5.69 Å². The van der Waals surface area contributed by atoms with Crippen molar-refractivity contribution in [2.45, 2.75) is 6.42 Å². The molecular formula is C28H23N2S+. The van der Waals surface area contributed by atoms with Crippen molar-refractivity contribution < 1.29 is 4.57 Å². The molecule has 0 aliphatic rings. The number of aromatic nitrogens is 1. The van der Waals surface area contributed by atoms with Gasteiger partial charge in [0.1, 0.15) is 7.05 Å². The highest BCUT2D eigenvalue weighted by Crippen LogP contribution is 2.38. The molecule has 0 aliphatic carbocycles. The largest absolute Gasteiger partial charge is 0.300 e. The van der Waals surface area contributed by atoms with Crippen molar-refractivity contribution in [3.63, 3.8) is 0 Å². The molecule has 0 atom stereocenters. The molecule has 5 aromatic rings. The third kappa shape index (κ3) is 3.37. The van der Waals surface area contributed by atoms with E-state index in [2.05, 4.69) is 97.2 Å². The van der Waals surface area contributed by atoms with Crippen LogP contribution in [0.3, 0.4) is 0 Å². The Morgan fingerprint density at radius 2 is 1.68 bits per heavy atom. The zero-order valence-corrected chi connectivity index (χ0v) is 18.2. The molecule has 2 aromatic heterocycles. The van der Waals surface area contributed by atoms with E-state index in [1.54, 1.807) is 17.4 Å². The Bertz CT molecular complexity index is 1460. The van der Waals surface area contributed by atoms with Crippen LogP contribution >= 0.6 is 11.3 Å². The number of nitrogens with one attached hydrogen (secondary N) is 1. The van der Waals surface area contributed by atoms with Crippen molar-refractivity contribution in [3.8, 4) is 11.3 Å². The normalized spacial score (nSPS) is 11.1. The summed E-state index contributed by atoms with van der Waals surface area (Å²) < 4.78 is 4.58. The van der Waals surface area contributed by atoms with Crippen LogP contribution in [0.2, 0.25) is 0 Å². The highest BCUT2D eigenvalue weighted by atomic mass is 32.1. The summed E-state index contributed by atoms with van der Waals surface area (Å²) in [4.78, 5) is 0. The SMILES string of the molecule is C=CC(=N)c1c(Cc2ccccc2-c2cccc[n+]2C)ccc2c1sc1ccccc12. The molecule has 0 bridgehead atoms. The number of rotatable bonds is 5. The first kappa shape index (κ1) is 19.4. The van der Waals surface area contributed by atoms with Gasteiger partial charge in [-0.25, -0.2) is 4.57 Å². The van der Waals surface area contributed by atoms with Crippen LogP contribution in [0.15, 0.2) is 97.7 Å². The number of fused-ring (bicyclic) bond motifs is 3. The summed E-state index contributed by atoms with van der Waals surface area (Å²) in [6, 6.07) is 27.7. The fourth-order valence-electron chi connectivity index (χ4n) is 4.31. The Kier molecular flexibility index (Phi) is 4.97. The summed E-state index contributed by atoms with van der Waals surface area (Å²) in [7, 11) is 2.08. The van der Waals surface area contributed by atoms with Gasteiger partial charge in [-0.3, -0.25) is 0 Å². The van der Waals surface area contributed by atoms with Crippen LogP contribution in [0.25, 0.3) is 31.4 Å². The maximum absolute atomic E-state index is 8.68. The topological polar surface area (TPSA) is 27.7 Å². The molecule has 0 saturated heterocycles. The molecule has 31 heavy (non-hydrogen) atoms. The summed E-state index contributed by atoms with van der Waals surface area (Å²) >= 11 is 1.77. The quantitative estimate of drug-likeness (QED) is 0.243. The third-order valence-corrected chi connectivity index (χ3v) is 7.04. The fraction of sp³-hybridized carbons (Fsp3) is 0.0714. The van der Waals surface area contributed by atoms with Crippen LogP contribution in [0, 0.1) is 5.41 Å². The fourth-order valence-corrected chi connectivity index (χ4v) is 5.59. The van der Waals surface area contributed by atoms with Crippen molar-refractivity contribution in [2.75, 3.05) is 0 Å². The minimum absolute atomic E-state index is 0.481. The molecule has 3 heteroatoms. The number of thiophene rings is 1. The summed E-state index contributed by atoms with van der Waals surface area (Å²) in [6.45, 7) is 3.90. The Balaban J connectivity index is 1.70. The Morgan fingerprint density at radius 3 is 2.52 bits per heavy atom. The lowest BCUT2D eigenvalue weighted by Gasteiger charge is -2.13. The van der Waals surface area contributed by atoms with Crippen molar-refractivity contribution in [1.82, 2.24) is 0 Å². The number of hydrogen-bond donors (Lipinski definition) is 1. The highest BCUT2D eigenvalue weighted by molar-refractivity contribution is 7.26. The maximum atomic E-state index is 8.68. The minimum Gasteiger partial charge on any atom is -0.300 e. The number of benzene rings is 3. The van der Waals surface area contributed by atoms with E-state index in [0.29, 0.717) is 5.71 Å². The molecule has 0 aliphatic heterocycles. The lowest BCUT2D eigenvalue weighted by atomic mass is 9.92. The van der Waals surface area contributed by atoms with Gasteiger partial charge < -0.3 is 5.41 Å². The second kappa shape index (κ2) is 7.93. The van der Waals surface area contributed by atoms with Gasteiger partial charge in [0.25, 0.3) is 0 Å². The lowest BCUT2D eigenvalue weighted by Crippen LogP contribution is -2.30. The monoisotopic (exact) mass is 419 g/mol. The van der Waals surface area contributed by atoms with E-state index in [4.69, 9.17) is 5.41 Å². The molecular weight excluding hydrogens is 396 g/mol. The van der Waals surface area contributed by atoms with Crippen molar-refractivity contribution in [1.29, 1.82) is 5.41 Å². The van der Waals surface area contributed by atoms with Crippen LogP contribution in [-0.4, -0.2) is 5.71 Å². The van der Waals surface area contributed by atoms with Gasteiger partial charge in [0.05, 0.1) is 5.71 Å². The first-order valence-electron chi connectivity index (χ1n) is 10.3. The standard InChI is InChI=1S/C28H23N2S/c1-3-24(29)27-20(15-16-23-22-12-6-7-14-26(22)31-28(23)27)18-19-10-4-5-11-21(19)25-13-8-9-17-30(25)2/h3-17,29H,1,18H2,2H3/q+1. The van der Waals surface area contributed by atoms with Gasteiger partial charge in [-0.15, -0.1) is 11.3 Å². The zero-order valence-electron chi connectivity index (χ0n) is 17.4. The second-order valence-electron chi connectivity index (χ2n) is 7.72. The van der Waals surface area contributed by atoms with Crippen LogP contribution in [0.5, 0.6) is 0 Å². The first-order chi connectivity index (χ1) is 15.2. The van der Waals surface area contributed by atoms with E-state index in [0.717, 1.165) is 17.5 Å². The van der Waals surface area contributed by atoms with Gasteiger partial charge in [-0.1, -0.05) is 55.1 Å².